The molecule has 0 fully saturated rings. The highest BCUT2D eigenvalue weighted by molar-refractivity contribution is 7.09. The largest absolute Gasteiger partial charge is 0.439 e. The van der Waals surface area contributed by atoms with E-state index in [4.69, 9.17) is 4.42 Å². The van der Waals surface area contributed by atoms with Crippen molar-refractivity contribution in [1.82, 2.24) is 14.9 Å². The molecular formula is C22H21N3O2S. The minimum absolute atomic E-state index is 0.120. The first-order chi connectivity index (χ1) is 13.6. The van der Waals surface area contributed by atoms with Crippen LogP contribution in [0, 0.1) is 13.8 Å². The van der Waals surface area contributed by atoms with E-state index in [1.54, 1.807) is 17.5 Å². The Morgan fingerprint density at radius 3 is 2.75 bits per heavy atom. The third kappa shape index (κ3) is 3.77. The van der Waals surface area contributed by atoms with Crippen LogP contribution in [0.5, 0.6) is 0 Å². The summed E-state index contributed by atoms with van der Waals surface area (Å²) < 4.78 is 7.92. The summed E-state index contributed by atoms with van der Waals surface area (Å²) in [5, 5.41) is 4.98. The molecule has 0 spiro atoms. The molecule has 6 heteroatoms. The molecule has 0 atom stereocenters. The van der Waals surface area contributed by atoms with Crippen molar-refractivity contribution in [3.63, 3.8) is 0 Å². The zero-order valence-corrected chi connectivity index (χ0v) is 16.6. The maximum absolute atomic E-state index is 12.7. The van der Waals surface area contributed by atoms with E-state index < -0.39 is 0 Å². The Hall–Kier alpha value is -3.12. The average Bonchev–Trinajstić information content (AvgIpc) is 3.45. The predicted molar refractivity (Wildman–Crippen MR) is 110 cm³/mol. The van der Waals surface area contributed by atoms with Crippen LogP contribution in [0.1, 0.15) is 32.5 Å². The van der Waals surface area contributed by atoms with Crippen LogP contribution >= 0.6 is 11.3 Å². The number of thiophene rings is 1. The van der Waals surface area contributed by atoms with Gasteiger partial charge < -0.3 is 14.3 Å². The van der Waals surface area contributed by atoms with E-state index >= 15 is 0 Å². The Bertz CT molecular complexity index is 1080. The number of aryl methyl sites for hydroxylation is 1. The second-order valence-corrected chi connectivity index (χ2v) is 7.65. The molecule has 0 saturated carbocycles. The number of benzene rings is 1. The van der Waals surface area contributed by atoms with Crippen LogP contribution in [0.2, 0.25) is 0 Å². The minimum Gasteiger partial charge on any atom is -0.439 e. The van der Waals surface area contributed by atoms with Crippen LogP contribution in [-0.4, -0.2) is 15.5 Å². The van der Waals surface area contributed by atoms with Crippen LogP contribution in [0.4, 0.5) is 0 Å². The number of hydrogen-bond acceptors (Lipinski definition) is 4. The van der Waals surface area contributed by atoms with E-state index in [9.17, 15) is 4.79 Å². The Balaban J connectivity index is 1.44. The molecule has 5 nitrogen and oxygen atoms in total. The van der Waals surface area contributed by atoms with Crippen molar-refractivity contribution < 1.29 is 9.21 Å². The van der Waals surface area contributed by atoms with E-state index in [1.165, 1.54) is 4.88 Å². The second-order valence-electron chi connectivity index (χ2n) is 6.62. The van der Waals surface area contributed by atoms with Crippen molar-refractivity contribution in [2.45, 2.75) is 26.9 Å². The Labute approximate surface area is 167 Å². The number of rotatable bonds is 6. The van der Waals surface area contributed by atoms with Gasteiger partial charge in [-0.3, -0.25) is 4.79 Å². The summed E-state index contributed by atoms with van der Waals surface area (Å²) in [6, 6.07) is 15.9. The van der Waals surface area contributed by atoms with Gasteiger partial charge in [-0.2, -0.15) is 0 Å². The van der Waals surface area contributed by atoms with Crippen molar-refractivity contribution in [3.8, 4) is 11.3 Å². The topological polar surface area (TPSA) is 60.1 Å². The zero-order valence-electron chi connectivity index (χ0n) is 15.8. The van der Waals surface area contributed by atoms with Crippen molar-refractivity contribution >= 4 is 17.2 Å². The van der Waals surface area contributed by atoms with Crippen molar-refractivity contribution in [1.29, 1.82) is 0 Å². The Kier molecular flexibility index (Phi) is 5.12. The highest BCUT2D eigenvalue weighted by Crippen LogP contribution is 2.21. The monoisotopic (exact) mass is 391 g/mol. The molecule has 0 aliphatic carbocycles. The smallest absolute Gasteiger partial charge is 0.253 e. The standard InChI is InChI=1S/C22H21N3O2S/c1-15-11-19(16(2)25(15)14-18-9-6-10-28-18)22(26)24-13-21-23-12-20(27-21)17-7-4-3-5-8-17/h3-12H,13-14H2,1-2H3,(H,24,26). The highest BCUT2D eigenvalue weighted by Gasteiger charge is 2.17. The van der Waals surface area contributed by atoms with E-state index in [1.807, 2.05) is 56.3 Å². The predicted octanol–water partition coefficient (Wildman–Crippen LogP) is 4.80. The summed E-state index contributed by atoms with van der Waals surface area (Å²) in [5.74, 6) is 1.06. The molecule has 0 aliphatic rings. The first kappa shape index (κ1) is 18.3. The molecule has 0 aliphatic heterocycles. The Morgan fingerprint density at radius 2 is 2.00 bits per heavy atom. The minimum atomic E-state index is -0.120. The molecule has 1 amide bonds. The van der Waals surface area contributed by atoms with Crippen molar-refractivity contribution in [3.05, 3.63) is 87.8 Å². The molecule has 4 rings (SSSR count). The normalized spacial score (nSPS) is 10.9. The summed E-state index contributed by atoms with van der Waals surface area (Å²) in [4.78, 5) is 18.2. The molecule has 0 unspecified atom stereocenters. The second kappa shape index (κ2) is 7.86. The molecule has 0 bridgehead atoms. The van der Waals surface area contributed by atoms with E-state index in [-0.39, 0.29) is 12.5 Å². The van der Waals surface area contributed by atoms with Gasteiger partial charge in [0.15, 0.2) is 5.76 Å². The summed E-state index contributed by atoms with van der Waals surface area (Å²) in [7, 11) is 0. The molecule has 0 radical (unpaired) electrons. The van der Waals surface area contributed by atoms with Gasteiger partial charge in [0.2, 0.25) is 5.89 Å². The van der Waals surface area contributed by atoms with Gasteiger partial charge in [-0.1, -0.05) is 36.4 Å². The van der Waals surface area contributed by atoms with Gasteiger partial charge in [-0.15, -0.1) is 11.3 Å². The van der Waals surface area contributed by atoms with Gasteiger partial charge >= 0.3 is 0 Å². The van der Waals surface area contributed by atoms with Gasteiger partial charge in [0.25, 0.3) is 5.91 Å². The molecule has 3 heterocycles. The average molecular weight is 391 g/mol. The molecule has 1 aromatic carbocycles. The number of amides is 1. The lowest BCUT2D eigenvalue weighted by Gasteiger charge is -2.08. The van der Waals surface area contributed by atoms with Crippen LogP contribution < -0.4 is 5.32 Å². The van der Waals surface area contributed by atoms with E-state index in [2.05, 4.69) is 26.3 Å². The van der Waals surface area contributed by atoms with Gasteiger partial charge in [0.1, 0.15) is 0 Å². The number of carbonyl (C=O) groups is 1. The summed E-state index contributed by atoms with van der Waals surface area (Å²) in [5.41, 5.74) is 3.67. The van der Waals surface area contributed by atoms with Gasteiger partial charge in [0, 0.05) is 21.8 Å². The van der Waals surface area contributed by atoms with Gasteiger partial charge in [-0.25, -0.2) is 4.98 Å². The number of aromatic nitrogens is 2. The molecule has 3 aromatic heterocycles. The lowest BCUT2D eigenvalue weighted by atomic mass is 10.2. The molecule has 28 heavy (non-hydrogen) atoms. The third-order valence-corrected chi connectivity index (χ3v) is 5.59. The van der Waals surface area contributed by atoms with Crippen LogP contribution in [0.15, 0.2) is 64.5 Å². The molecule has 1 N–H and O–H groups in total. The molecule has 4 aromatic rings. The lowest BCUT2D eigenvalue weighted by molar-refractivity contribution is 0.0946. The SMILES string of the molecule is Cc1cc(C(=O)NCc2ncc(-c3ccccc3)o2)c(C)n1Cc1cccs1. The van der Waals surface area contributed by atoms with Crippen molar-refractivity contribution in [2.24, 2.45) is 0 Å². The number of carbonyl (C=O) groups excluding carboxylic acids is 1. The molecule has 142 valence electrons. The van der Waals surface area contributed by atoms with E-state index in [0.29, 0.717) is 17.2 Å². The van der Waals surface area contributed by atoms with Crippen LogP contribution in [-0.2, 0) is 13.1 Å². The third-order valence-electron chi connectivity index (χ3n) is 4.72. The maximum Gasteiger partial charge on any atom is 0.253 e. The first-order valence-corrected chi connectivity index (χ1v) is 9.97. The summed E-state index contributed by atoms with van der Waals surface area (Å²) in [6.45, 7) is 5.04. The van der Waals surface area contributed by atoms with Crippen LogP contribution in [0.3, 0.4) is 0 Å². The first-order valence-electron chi connectivity index (χ1n) is 9.09. The number of oxazole rings is 1. The fraction of sp³-hybridized carbons (Fsp3) is 0.182. The summed E-state index contributed by atoms with van der Waals surface area (Å²) >= 11 is 1.72. The van der Waals surface area contributed by atoms with Crippen molar-refractivity contribution in [2.75, 3.05) is 0 Å². The fourth-order valence-corrected chi connectivity index (χ4v) is 3.90. The number of hydrogen-bond donors (Lipinski definition) is 1. The maximum atomic E-state index is 12.7. The quantitative estimate of drug-likeness (QED) is 0.514. The van der Waals surface area contributed by atoms with Gasteiger partial charge in [-0.05, 0) is 31.4 Å². The fourth-order valence-electron chi connectivity index (χ4n) is 3.21. The zero-order chi connectivity index (χ0) is 19.5. The Morgan fingerprint density at radius 1 is 1.18 bits per heavy atom. The number of nitrogens with zero attached hydrogens (tertiary/aromatic N) is 2. The van der Waals surface area contributed by atoms with Crippen LogP contribution in [0.25, 0.3) is 11.3 Å². The van der Waals surface area contributed by atoms with E-state index in [0.717, 1.165) is 23.5 Å². The summed E-state index contributed by atoms with van der Waals surface area (Å²) in [6.07, 6.45) is 1.68. The molecule has 0 saturated heterocycles. The highest BCUT2D eigenvalue weighted by atomic mass is 32.1. The lowest BCUT2D eigenvalue weighted by Crippen LogP contribution is -2.23. The number of nitrogens with one attached hydrogen (secondary N) is 1. The van der Waals surface area contributed by atoms with Gasteiger partial charge in [0.05, 0.1) is 24.8 Å². The molecular weight excluding hydrogens is 370 g/mol.